The van der Waals surface area contributed by atoms with Crippen LogP contribution in [-0.4, -0.2) is 51.4 Å². The van der Waals surface area contributed by atoms with Crippen LogP contribution in [0.5, 0.6) is 0 Å². The topological polar surface area (TPSA) is 105 Å². The van der Waals surface area contributed by atoms with Crippen LogP contribution in [0.2, 0.25) is 0 Å². The zero-order valence-electron chi connectivity index (χ0n) is 19.6. The molecule has 35 heavy (non-hydrogen) atoms. The van der Waals surface area contributed by atoms with Gasteiger partial charge in [-0.15, -0.1) is 0 Å². The summed E-state index contributed by atoms with van der Waals surface area (Å²) in [4.78, 5) is 28.0. The third kappa shape index (κ3) is 5.52. The quantitative estimate of drug-likeness (QED) is 0.543. The maximum atomic E-state index is 13.2. The van der Waals surface area contributed by atoms with E-state index < -0.39 is 15.9 Å². The number of hydrogen-bond donors (Lipinski definition) is 2. The number of ether oxygens (including phenoxy) is 1. The molecule has 1 heterocycles. The van der Waals surface area contributed by atoms with Crippen LogP contribution in [0.4, 0.5) is 11.4 Å². The minimum absolute atomic E-state index is 0.132. The van der Waals surface area contributed by atoms with Crippen molar-refractivity contribution < 1.29 is 22.7 Å². The Morgan fingerprint density at radius 3 is 2.17 bits per heavy atom. The summed E-state index contributed by atoms with van der Waals surface area (Å²) in [5.74, 6) is -0.623. The summed E-state index contributed by atoms with van der Waals surface area (Å²) in [6.07, 6.45) is 0. The summed E-state index contributed by atoms with van der Waals surface area (Å²) in [6, 6.07) is 18.2. The van der Waals surface area contributed by atoms with Gasteiger partial charge in [-0.2, -0.15) is 0 Å². The van der Waals surface area contributed by atoms with Gasteiger partial charge in [-0.25, -0.2) is 8.42 Å². The van der Waals surface area contributed by atoms with Crippen LogP contribution in [0.15, 0.2) is 71.6 Å². The second kappa shape index (κ2) is 10.3. The maximum absolute atomic E-state index is 13.2. The molecule has 1 aliphatic rings. The minimum atomic E-state index is -3.83. The lowest BCUT2D eigenvalue weighted by molar-refractivity contribution is 0.0303. The molecule has 4 rings (SSSR count). The largest absolute Gasteiger partial charge is 0.378 e. The number of morpholine rings is 1. The van der Waals surface area contributed by atoms with Crippen molar-refractivity contribution in [1.29, 1.82) is 0 Å². The third-order valence-electron chi connectivity index (χ3n) is 5.86. The first-order valence-electron chi connectivity index (χ1n) is 11.2. The third-order valence-corrected chi connectivity index (χ3v) is 7.24. The number of sulfonamides is 1. The second-order valence-electron chi connectivity index (χ2n) is 8.30. The molecule has 0 aromatic heterocycles. The molecule has 2 amide bonds. The van der Waals surface area contributed by atoms with Gasteiger partial charge in [0.1, 0.15) is 0 Å². The molecule has 1 saturated heterocycles. The number of nitrogens with one attached hydrogen (secondary N) is 2. The Morgan fingerprint density at radius 1 is 0.829 bits per heavy atom. The highest BCUT2D eigenvalue weighted by molar-refractivity contribution is 7.92. The molecule has 0 spiro atoms. The van der Waals surface area contributed by atoms with E-state index in [1.54, 1.807) is 66.4 Å². The van der Waals surface area contributed by atoms with Gasteiger partial charge in [-0.3, -0.25) is 14.3 Å². The van der Waals surface area contributed by atoms with Crippen molar-refractivity contribution in [1.82, 2.24) is 4.90 Å². The molecule has 0 radical (unpaired) electrons. The second-order valence-corrected chi connectivity index (χ2v) is 9.98. The lowest BCUT2D eigenvalue weighted by Crippen LogP contribution is -2.41. The molecular weight excluding hydrogens is 466 g/mol. The highest BCUT2D eigenvalue weighted by Crippen LogP contribution is 2.25. The highest BCUT2D eigenvalue weighted by atomic mass is 32.2. The first kappa shape index (κ1) is 24.4. The summed E-state index contributed by atoms with van der Waals surface area (Å²) in [6.45, 7) is 5.48. The maximum Gasteiger partial charge on any atom is 0.261 e. The van der Waals surface area contributed by atoms with Crippen molar-refractivity contribution in [3.8, 4) is 0 Å². The number of carbonyl (C=O) groups is 2. The number of anilines is 2. The number of para-hydroxylation sites is 1. The van der Waals surface area contributed by atoms with Crippen LogP contribution < -0.4 is 10.0 Å². The fraction of sp³-hybridized carbons (Fsp3) is 0.231. The molecule has 0 atom stereocenters. The monoisotopic (exact) mass is 493 g/mol. The van der Waals surface area contributed by atoms with Gasteiger partial charge < -0.3 is 15.0 Å². The molecule has 0 aliphatic carbocycles. The Hall–Kier alpha value is -3.69. The van der Waals surface area contributed by atoms with E-state index in [4.69, 9.17) is 4.74 Å². The van der Waals surface area contributed by atoms with Crippen molar-refractivity contribution in [2.75, 3.05) is 36.3 Å². The lowest BCUT2D eigenvalue weighted by atomic mass is 10.1. The highest BCUT2D eigenvalue weighted by Gasteiger charge is 2.23. The molecule has 8 nitrogen and oxygen atoms in total. The van der Waals surface area contributed by atoms with E-state index in [0.717, 1.165) is 5.56 Å². The van der Waals surface area contributed by atoms with Gasteiger partial charge in [0.25, 0.3) is 21.8 Å². The lowest BCUT2D eigenvalue weighted by Gasteiger charge is -2.27. The van der Waals surface area contributed by atoms with Crippen LogP contribution in [-0.2, 0) is 14.8 Å². The van der Waals surface area contributed by atoms with Gasteiger partial charge in [0, 0.05) is 18.7 Å². The number of benzene rings is 3. The average molecular weight is 494 g/mol. The van der Waals surface area contributed by atoms with Crippen LogP contribution in [0, 0.1) is 13.8 Å². The SMILES string of the molecule is Cc1ccc(S(=O)(=O)Nc2cccc(C(=O)Nc3ccccc3C(=O)N3CCOCC3)c2C)cc1. The summed E-state index contributed by atoms with van der Waals surface area (Å²) in [5.41, 5.74) is 2.79. The Morgan fingerprint density at radius 2 is 1.46 bits per heavy atom. The molecule has 3 aromatic carbocycles. The van der Waals surface area contributed by atoms with E-state index in [2.05, 4.69) is 10.0 Å². The van der Waals surface area contributed by atoms with Crippen molar-refractivity contribution in [2.24, 2.45) is 0 Å². The van der Waals surface area contributed by atoms with Gasteiger partial charge in [0.2, 0.25) is 0 Å². The molecule has 1 aliphatic heterocycles. The predicted octanol–water partition coefficient (Wildman–Crippen LogP) is 3.83. The van der Waals surface area contributed by atoms with Crippen molar-refractivity contribution >= 4 is 33.2 Å². The zero-order chi connectivity index (χ0) is 25.0. The number of carbonyl (C=O) groups excluding carboxylic acids is 2. The summed E-state index contributed by atoms with van der Waals surface area (Å²) in [5, 5.41) is 2.82. The van der Waals surface area contributed by atoms with Gasteiger partial charge in [0.15, 0.2) is 0 Å². The molecule has 9 heteroatoms. The fourth-order valence-corrected chi connectivity index (χ4v) is 4.94. The molecular formula is C26H27N3O5S. The van der Waals surface area contributed by atoms with E-state index in [-0.39, 0.29) is 10.8 Å². The Kier molecular flexibility index (Phi) is 7.18. The van der Waals surface area contributed by atoms with E-state index in [0.29, 0.717) is 54.4 Å². The van der Waals surface area contributed by atoms with Crippen molar-refractivity contribution in [2.45, 2.75) is 18.7 Å². The normalized spacial score (nSPS) is 13.8. The van der Waals surface area contributed by atoms with Gasteiger partial charge in [0.05, 0.1) is 35.0 Å². The summed E-state index contributed by atoms with van der Waals surface area (Å²) >= 11 is 0. The number of amides is 2. The molecule has 0 unspecified atom stereocenters. The standard InChI is InChI=1S/C26H27N3O5S/c1-18-10-12-20(13-11-18)35(32,33)28-23-9-5-7-21(19(23)2)25(30)27-24-8-4-3-6-22(24)26(31)29-14-16-34-17-15-29/h3-13,28H,14-17H2,1-2H3,(H,27,30). The van der Waals surface area contributed by atoms with Crippen LogP contribution in [0.25, 0.3) is 0 Å². The molecule has 1 fully saturated rings. The van der Waals surface area contributed by atoms with E-state index >= 15 is 0 Å². The van der Waals surface area contributed by atoms with E-state index in [1.807, 2.05) is 6.92 Å². The summed E-state index contributed by atoms with van der Waals surface area (Å²) in [7, 11) is -3.83. The first-order valence-corrected chi connectivity index (χ1v) is 12.7. The number of nitrogens with zero attached hydrogens (tertiary/aromatic N) is 1. The molecule has 182 valence electrons. The molecule has 0 bridgehead atoms. The van der Waals surface area contributed by atoms with Crippen molar-refractivity contribution in [3.05, 3.63) is 89.0 Å². The Labute approximate surface area is 205 Å². The minimum Gasteiger partial charge on any atom is -0.378 e. The van der Waals surface area contributed by atoms with Gasteiger partial charge in [-0.1, -0.05) is 35.9 Å². The van der Waals surface area contributed by atoms with Crippen LogP contribution in [0.3, 0.4) is 0 Å². The Bertz CT molecular complexity index is 1350. The average Bonchev–Trinajstić information content (AvgIpc) is 2.86. The number of rotatable bonds is 6. The zero-order valence-corrected chi connectivity index (χ0v) is 20.4. The number of hydrogen-bond acceptors (Lipinski definition) is 5. The first-order chi connectivity index (χ1) is 16.8. The fourth-order valence-electron chi connectivity index (χ4n) is 3.82. The molecule has 2 N–H and O–H groups in total. The molecule has 0 saturated carbocycles. The predicted molar refractivity (Wildman–Crippen MR) is 134 cm³/mol. The van der Waals surface area contributed by atoms with Crippen molar-refractivity contribution in [3.63, 3.8) is 0 Å². The van der Waals surface area contributed by atoms with Gasteiger partial charge in [-0.05, 0) is 55.8 Å². The number of aryl methyl sites for hydroxylation is 1. The smallest absolute Gasteiger partial charge is 0.261 e. The van der Waals surface area contributed by atoms with Gasteiger partial charge >= 0.3 is 0 Å². The van der Waals surface area contributed by atoms with E-state index in [1.165, 1.54) is 12.1 Å². The Balaban J connectivity index is 1.56. The molecule has 3 aromatic rings. The summed E-state index contributed by atoms with van der Waals surface area (Å²) < 4.78 is 33.6. The van der Waals surface area contributed by atoms with E-state index in [9.17, 15) is 18.0 Å². The van der Waals surface area contributed by atoms with Crippen LogP contribution in [0.1, 0.15) is 31.8 Å². The van der Waals surface area contributed by atoms with Crippen LogP contribution >= 0.6 is 0 Å².